The van der Waals surface area contributed by atoms with Gasteiger partial charge >= 0.3 is 0 Å². The van der Waals surface area contributed by atoms with E-state index in [4.69, 9.17) is 0 Å². The Morgan fingerprint density at radius 1 is 1.15 bits per heavy atom. The third-order valence-electron chi connectivity index (χ3n) is 5.16. The van der Waals surface area contributed by atoms with Gasteiger partial charge in [0.05, 0.1) is 17.4 Å². The van der Waals surface area contributed by atoms with Crippen molar-refractivity contribution in [2.75, 3.05) is 13.1 Å². The van der Waals surface area contributed by atoms with Gasteiger partial charge in [-0.2, -0.15) is 0 Å². The summed E-state index contributed by atoms with van der Waals surface area (Å²) in [5.74, 6) is -0.000868. The summed E-state index contributed by atoms with van der Waals surface area (Å²) in [7, 11) is 1.96. The lowest BCUT2D eigenvalue weighted by Gasteiger charge is -2.32. The summed E-state index contributed by atoms with van der Waals surface area (Å²) in [6.07, 6.45) is 3.75. The zero-order valence-electron chi connectivity index (χ0n) is 15.1. The highest BCUT2D eigenvalue weighted by atomic mass is 16.1. The Hall–Kier alpha value is -2.66. The number of benzene rings is 2. The number of imidazole rings is 1. The molecule has 5 nitrogen and oxygen atoms in total. The van der Waals surface area contributed by atoms with Gasteiger partial charge in [0.1, 0.15) is 0 Å². The molecule has 0 atom stereocenters. The van der Waals surface area contributed by atoms with Crippen LogP contribution < -0.4 is 5.32 Å². The second kappa shape index (κ2) is 7.30. The normalized spacial score (nSPS) is 16.0. The van der Waals surface area contributed by atoms with E-state index in [9.17, 15) is 4.79 Å². The van der Waals surface area contributed by atoms with Crippen LogP contribution in [0.5, 0.6) is 0 Å². The van der Waals surface area contributed by atoms with Crippen molar-refractivity contribution in [1.29, 1.82) is 0 Å². The molecule has 1 aromatic heterocycles. The van der Waals surface area contributed by atoms with Crippen LogP contribution >= 0.6 is 0 Å². The van der Waals surface area contributed by atoms with Crippen LogP contribution in [-0.4, -0.2) is 39.5 Å². The van der Waals surface area contributed by atoms with Gasteiger partial charge in [-0.05, 0) is 36.6 Å². The molecule has 2 aromatic carbocycles. The molecule has 134 valence electrons. The summed E-state index contributed by atoms with van der Waals surface area (Å²) >= 11 is 0. The van der Waals surface area contributed by atoms with E-state index in [1.165, 1.54) is 5.56 Å². The van der Waals surface area contributed by atoms with E-state index in [1.807, 2.05) is 35.9 Å². The van der Waals surface area contributed by atoms with Crippen LogP contribution in [0.1, 0.15) is 28.8 Å². The Morgan fingerprint density at radius 2 is 1.92 bits per heavy atom. The third kappa shape index (κ3) is 3.63. The van der Waals surface area contributed by atoms with Crippen LogP contribution in [0.2, 0.25) is 0 Å². The quantitative estimate of drug-likeness (QED) is 0.789. The molecule has 26 heavy (non-hydrogen) atoms. The van der Waals surface area contributed by atoms with Crippen molar-refractivity contribution in [3.05, 3.63) is 66.0 Å². The molecule has 3 aromatic rings. The zero-order valence-corrected chi connectivity index (χ0v) is 15.1. The summed E-state index contributed by atoms with van der Waals surface area (Å²) in [4.78, 5) is 19.4. The van der Waals surface area contributed by atoms with Gasteiger partial charge < -0.3 is 9.88 Å². The highest BCUT2D eigenvalue weighted by Gasteiger charge is 2.21. The molecule has 0 unspecified atom stereocenters. The third-order valence-corrected chi connectivity index (χ3v) is 5.16. The van der Waals surface area contributed by atoms with Crippen molar-refractivity contribution in [2.24, 2.45) is 7.05 Å². The lowest BCUT2D eigenvalue weighted by molar-refractivity contribution is 0.0909. The minimum Gasteiger partial charge on any atom is -0.349 e. The second-order valence-corrected chi connectivity index (χ2v) is 7.07. The molecule has 1 N–H and O–H groups in total. The molecule has 2 heterocycles. The van der Waals surface area contributed by atoms with E-state index in [-0.39, 0.29) is 11.9 Å². The van der Waals surface area contributed by atoms with Gasteiger partial charge in [0.2, 0.25) is 0 Å². The standard InChI is InChI=1S/C21H24N4O/c1-24-15-22-19-13-17(7-8-20(19)24)21(26)23-18-9-11-25(12-10-18)14-16-5-3-2-4-6-16/h2-8,13,15,18H,9-12,14H2,1H3,(H,23,26). The van der Waals surface area contributed by atoms with Crippen LogP contribution in [0.25, 0.3) is 11.0 Å². The summed E-state index contributed by atoms with van der Waals surface area (Å²) in [5, 5.41) is 3.19. The minimum atomic E-state index is -0.000868. The maximum atomic E-state index is 12.6. The number of nitrogens with one attached hydrogen (secondary N) is 1. The van der Waals surface area contributed by atoms with E-state index in [0.717, 1.165) is 43.5 Å². The molecule has 0 saturated carbocycles. The van der Waals surface area contributed by atoms with Crippen molar-refractivity contribution < 1.29 is 4.79 Å². The highest BCUT2D eigenvalue weighted by molar-refractivity contribution is 5.97. The molecular formula is C21H24N4O. The van der Waals surface area contributed by atoms with Crippen LogP contribution in [0.15, 0.2) is 54.9 Å². The number of amides is 1. The molecule has 4 rings (SSSR count). The molecule has 0 radical (unpaired) electrons. The first-order valence-corrected chi connectivity index (χ1v) is 9.17. The summed E-state index contributed by atoms with van der Waals surface area (Å²) < 4.78 is 1.96. The molecule has 1 aliphatic rings. The molecule has 1 fully saturated rings. The summed E-state index contributed by atoms with van der Waals surface area (Å²) in [6, 6.07) is 16.5. The predicted octanol–water partition coefficient (Wildman–Crippen LogP) is 2.97. The highest BCUT2D eigenvalue weighted by Crippen LogP contribution is 2.16. The fraction of sp³-hybridized carbons (Fsp3) is 0.333. The maximum absolute atomic E-state index is 12.6. The molecule has 0 spiro atoms. The van der Waals surface area contributed by atoms with E-state index >= 15 is 0 Å². The summed E-state index contributed by atoms with van der Waals surface area (Å²) in [5.41, 5.74) is 3.93. The van der Waals surface area contributed by atoms with Gasteiger partial charge in [0.15, 0.2) is 0 Å². The zero-order chi connectivity index (χ0) is 17.9. The summed E-state index contributed by atoms with van der Waals surface area (Å²) in [6.45, 7) is 3.01. The van der Waals surface area contributed by atoms with Crippen molar-refractivity contribution >= 4 is 16.9 Å². The average Bonchev–Trinajstić information content (AvgIpc) is 3.04. The Labute approximate surface area is 153 Å². The lowest BCUT2D eigenvalue weighted by atomic mass is 10.0. The van der Waals surface area contributed by atoms with Crippen LogP contribution in [0, 0.1) is 0 Å². The fourth-order valence-corrected chi connectivity index (χ4v) is 3.62. The van der Waals surface area contributed by atoms with Gasteiger partial charge in [-0.3, -0.25) is 9.69 Å². The van der Waals surface area contributed by atoms with E-state index in [0.29, 0.717) is 5.56 Å². The molecule has 1 saturated heterocycles. The first kappa shape index (κ1) is 16.8. The number of aryl methyl sites for hydroxylation is 1. The predicted molar refractivity (Wildman–Crippen MR) is 103 cm³/mol. The Balaban J connectivity index is 1.32. The largest absolute Gasteiger partial charge is 0.349 e. The fourth-order valence-electron chi connectivity index (χ4n) is 3.62. The number of aromatic nitrogens is 2. The van der Waals surface area contributed by atoms with Crippen molar-refractivity contribution in [3.8, 4) is 0 Å². The van der Waals surface area contributed by atoms with E-state index in [2.05, 4.69) is 39.5 Å². The number of hydrogen-bond acceptors (Lipinski definition) is 3. The number of fused-ring (bicyclic) bond motifs is 1. The lowest BCUT2D eigenvalue weighted by Crippen LogP contribution is -2.44. The van der Waals surface area contributed by atoms with Crippen LogP contribution in [0.4, 0.5) is 0 Å². The van der Waals surface area contributed by atoms with Crippen molar-refractivity contribution in [3.63, 3.8) is 0 Å². The van der Waals surface area contributed by atoms with Gasteiger partial charge in [0, 0.05) is 38.3 Å². The number of rotatable bonds is 4. The van der Waals surface area contributed by atoms with E-state index in [1.54, 1.807) is 6.33 Å². The monoisotopic (exact) mass is 348 g/mol. The van der Waals surface area contributed by atoms with Crippen LogP contribution in [-0.2, 0) is 13.6 Å². The van der Waals surface area contributed by atoms with E-state index < -0.39 is 0 Å². The number of hydrogen-bond donors (Lipinski definition) is 1. The molecular weight excluding hydrogens is 324 g/mol. The Morgan fingerprint density at radius 3 is 2.69 bits per heavy atom. The number of carbonyl (C=O) groups excluding carboxylic acids is 1. The smallest absolute Gasteiger partial charge is 0.251 e. The Kier molecular flexibility index (Phi) is 4.71. The van der Waals surface area contributed by atoms with Gasteiger partial charge in [0.25, 0.3) is 5.91 Å². The van der Waals surface area contributed by atoms with Gasteiger partial charge in [-0.1, -0.05) is 30.3 Å². The number of likely N-dealkylation sites (tertiary alicyclic amines) is 1. The first-order valence-electron chi connectivity index (χ1n) is 9.17. The van der Waals surface area contributed by atoms with Crippen LogP contribution in [0.3, 0.4) is 0 Å². The first-order chi connectivity index (χ1) is 12.7. The molecule has 5 heteroatoms. The molecule has 1 aliphatic heterocycles. The van der Waals surface area contributed by atoms with Gasteiger partial charge in [-0.25, -0.2) is 4.98 Å². The topological polar surface area (TPSA) is 50.2 Å². The van der Waals surface area contributed by atoms with Gasteiger partial charge in [-0.15, -0.1) is 0 Å². The second-order valence-electron chi connectivity index (χ2n) is 7.07. The molecule has 1 amide bonds. The van der Waals surface area contributed by atoms with Crippen molar-refractivity contribution in [2.45, 2.75) is 25.4 Å². The SMILES string of the molecule is Cn1cnc2cc(C(=O)NC3CCN(Cc4ccccc4)CC3)ccc21. The van der Waals surface area contributed by atoms with Crippen molar-refractivity contribution in [1.82, 2.24) is 19.8 Å². The number of piperidine rings is 1. The maximum Gasteiger partial charge on any atom is 0.251 e. The molecule has 0 bridgehead atoms. The number of nitrogens with zero attached hydrogens (tertiary/aromatic N) is 3. The number of carbonyl (C=O) groups is 1. The average molecular weight is 348 g/mol. The minimum absolute atomic E-state index is 0.000868. The Bertz CT molecular complexity index is 895. The molecule has 0 aliphatic carbocycles.